The van der Waals surface area contributed by atoms with Gasteiger partial charge in [0.1, 0.15) is 0 Å². The van der Waals surface area contributed by atoms with E-state index >= 15 is 0 Å². The molecule has 0 aromatic heterocycles. The van der Waals surface area contributed by atoms with Crippen LogP contribution in [-0.4, -0.2) is 51.1 Å². The fraction of sp³-hybridized carbons (Fsp3) is 0.909. The number of hydrogen-bond donors (Lipinski definition) is 2. The number of hydrogen-bond acceptors (Lipinski definition) is 4. The zero-order chi connectivity index (χ0) is 13.8. The predicted molar refractivity (Wildman–Crippen MR) is 71.1 cm³/mol. The number of nitrogens with two attached hydrogens (primary N) is 1. The Hall–Kier alpha value is -0.660. The Morgan fingerprint density at radius 2 is 2.00 bits per heavy atom. The number of sulfonamides is 1. The van der Waals surface area contributed by atoms with Gasteiger partial charge in [0.05, 0.1) is 11.6 Å². The van der Waals surface area contributed by atoms with Gasteiger partial charge in [0, 0.05) is 32.2 Å². The lowest BCUT2D eigenvalue weighted by molar-refractivity contribution is 0.198. The molecule has 1 saturated heterocycles. The second-order valence-electron chi connectivity index (χ2n) is 5.04. The minimum absolute atomic E-state index is 0.123. The topological polar surface area (TPSA) is 96.5 Å². The lowest BCUT2D eigenvalue weighted by Crippen LogP contribution is -2.47. The standard InChI is InChI=1S/C11H23N3O3S/c1-11(10(12)13)4-6-14(7-5-11)18(15,16)9-3-8-17-2/h3-9H2,1-2H3,(H3,12,13). The maximum absolute atomic E-state index is 12.0. The average Bonchev–Trinajstić information content (AvgIpc) is 2.29. The lowest BCUT2D eigenvalue weighted by Gasteiger charge is -2.37. The molecule has 106 valence electrons. The van der Waals surface area contributed by atoms with Crippen LogP contribution in [-0.2, 0) is 14.8 Å². The average molecular weight is 277 g/mol. The second-order valence-corrected chi connectivity index (χ2v) is 7.12. The third kappa shape index (κ3) is 3.66. The molecule has 1 aliphatic rings. The fourth-order valence-corrected chi connectivity index (χ4v) is 3.52. The second kappa shape index (κ2) is 5.99. The van der Waals surface area contributed by atoms with E-state index in [1.165, 1.54) is 4.31 Å². The monoisotopic (exact) mass is 277 g/mol. The van der Waals surface area contributed by atoms with Crippen LogP contribution >= 0.6 is 0 Å². The van der Waals surface area contributed by atoms with Crippen LogP contribution in [0.3, 0.4) is 0 Å². The number of ether oxygens (including phenoxy) is 1. The predicted octanol–water partition coefficient (Wildman–Crippen LogP) is 0.391. The van der Waals surface area contributed by atoms with E-state index in [0.29, 0.717) is 39.0 Å². The molecular weight excluding hydrogens is 254 g/mol. The molecule has 6 nitrogen and oxygen atoms in total. The normalized spacial score (nSPS) is 20.8. The van der Waals surface area contributed by atoms with E-state index in [1.807, 2.05) is 6.92 Å². The van der Waals surface area contributed by atoms with Crippen LogP contribution < -0.4 is 5.73 Å². The highest BCUT2D eigenvalue weighted by Crippen LogP contribution is 2.31. The number of nitrogens with zero attached hydrogens (tertiary/aromatic N) is 1. The van der Waals surface area contributed by atoms with Gasteiger partial charge in [0.25, 0.3) is 0 Å². The number of rotatable bonds is 6. The summed E-state index contributed by atoms with van der Waals surface area (Å²) in [4.78, 5) is 0. The molecule has 0 atom stereocenters. The van der Waals surface area contributed by atoms with Gasteiger partial charge in [-0.1, -0.05) is 6.92 Å². The van der Waals surface area contributed by atoms with Crippen LogP contribution in [0.25, 0.3) is 0 Å². The molecule has 0 aromatic carbocycles. The highest BCUT2D eigenvalue weighted by molar-refractivity contribution is 7.89. The number of piperidine rings is 1. The van der Waals surface area contributed by atoms with Crippen molar-refractivity contribution in [2.45, 2.75) is 26.2 Å². The minimum Gasteiger partial charge on any atom is -0.387 e. The first-order valence-corrected chi connectivity index (χ1v) is 7.74. The molecule has 0 aromatic rings. The number of amidine groups is 1. The summed E-state index contributed by atoms with van der Waals surface area (Å²) in [6.07, 6.45) is 1.75. The summed E-state index contributed by atoms with van der Waals surface area (Å²) in [5, 5.41) is 7.54. The molecular formula is C11H23N3O3S. The third-order valence-electron chi connectivity index (χ3n) is 3.62. The third-order valence-corrected chi connectivity index (χ3v) is 5.58. The highest BCUT2D eigenvalue weighted by atomic mass is 32.2. The van der Waals surface area contributed by atoms with Crippen molar-refractivity contribution in [3.05, 3.63) is 0 Å². The molecule has 0 aliphatic carbocycles. The fourth-order valence-electron chi connectivity index (χ4n) is 2.04. The van der Waals surface area contributed by atoms with Crippen LogP contribution in [0.4, 0.5) is 0 Å². The molecule has 0 amide bonds. The minimum atomic E-state index is -3.19. The van der Waals surface area contributed by atoms with E-state index < -0.39 is 10.0 Å². The first kappa shape index (κ1) is 15.4. The van der Waals surface area contributed by atoms with Crippen molar-refractivity contribution in [3.8, 4) is 0 Å². The van der Waals surface area contributed by atoms with Crippen molar-refractivity contribution in [1.82, 2.24) is 4.31 Å². The van der Waals surface area contributed by atoms with Gasteiger partial charge in [-0.2, -0.15) is 0 Å². The Kier molecular flexibility index (Phi) is 5.12. The quantitative estimate of drug-likeness (QED) is 0.417. The summed E-state index contributed by atoms with van der Waals surface area (Å²) in [5.41, 5.74) is 5.20. The SMILES string of the molecule is COCCCS(=O)(=O)N1CCC(C)(C(=N)N)CC1. The number of nitrogens with one attached hydrogen (secondary N) is 1. The van der Waals surface area contributed by atoms with Gasteiger partial charge in [-0.15, -0.1) is 0 Å². The Morgan fingerprint density at radius 3 is 2.44 bits per heavy atom. The molecule has 1 aliphatic heterocycles. The summed E-state index contributed by atoms with van der Waals surface area (Å²) >= 11 is 0. The van der Waals surface area contributed by atoms with E-state index in [4.69, 9.17) is 15.9 Å². The first-order chi connectivity index (χ1) is 8.32. The first-order valence-electron chi connectivity index (χ1n) is 6.13. The Morgan fingerprint density at radius 1 is 1.44 bits per heavy atom. The zero-order valence-corrected chi connectivity index (χ0v) is 11.9. The van der Waals surface area contributed by atoms with Crippen LogP contribution in [0.15, 0.2) is 0 Å². The van der Waals surface area contributed by atoms with Crippen molar-refractivity contribution in [1.29, 1.82) is 5.41 Å². The van der Waals surface area contributed by atoms with Gasteiger partial charge < -0.3 is 10.5 Å². The van der Waals surface area contributed by atoms with Gasteiger partial charge in [-0.05, 0) is 19.3 Å². The molecule has 1 heterocycles. The summed E-state index contributed by atoms with van der Waals surface area (Å²) in [5.74, 6) is 0.274. The van der Waals surface area contributed by atoms with Crippen molar-refractivity contribution in [3.63, 3.8) is 0 Å². The molecule has 1 fully saturated rings. The van der Waals surface area contributed by atoms with Gasteiger partial charge in [-0.25, -0.2) is 12.7 Å². The molecule has 0 unspecified atom stereocenters. The molecule has 7 heteroatoms. The Balaban J connectivity index is 2.54. The molecule has 0 spiro atoms. The zero-order valence-electron chi connectivity index (χ0n) is 11.1. The molecule has 0 saturated carbocycles. The summed E-state index contributed by atoms with van der Waals surface area (Å²) < 4.78 is 30.4. The highest BCUT2D eigenvalue weighted by Gasteiger charge is 2.36. The van der Waals surface area contributed by atoms with Crippen molar-refractivity contribution in [2.75, 3.05) is 32.6 Å². The van der Waals surface area contributed by atoms with Crippen molar-refractivity contribution in [2.24, 2.45) is 11.1 Å². The van der Waals surface area contributed by atoms with Gasteiger partial charge in [0.15, 0.2) is 0 Å². The Labute approximate surface area is 109 Å². The Bertz CT molecular complexity index is 386. The summed E-state index contributed by atoms with van der Waals surface area (Å²) in [6.45, 7) is 3.28. The lowest BCUT2D eigenvalue weighted by atomic mass is 9.80. The summed E-state index contributed by atoms with van der Waals surface area (Å²) in [6, 6.07) is 0. The van der Waals surface area contributed by atoms with Crippen molar-refractivity contribution < 1.29 is 13.2 Å². The van der Waals surface area contributed by atoms with Crippen LogP contribution in [0.5, 0.6) is 0 Å². The van der Waals surface area contributed by atoms with E-state index in [1.54, 1.807) is 7.11 Å². The van der Waals surface area contributed by atoms with Gasteiger partial charge in [-0.3, -0.25) is 5.41 Å². The molecule has 1 rings (SSSR count). The maximum atomic E-state index is 12.0. The van der Waals surface area contributed by atoms with Crippen molar-refractivity contribution >= 4 is 15.9 Å². The van der Waals surface area contributed by atoms with Gasteiger partial charge >= 0.3 is 0 Å². The molecule has 0 bridgehead atoms. The maximum Gasteiger partial charge on any atom is 0.214 e. The number of methoxy groups -OCH3 is 1. The van der Waals surface area contributed by atoms with Crippen LogP contribution in [0, 0.1) is 10.8 Å². The van der Waals surface area contributed by atoms with E-state index in [-0.39, 0.29) is 17.0 Å². The largest absolute Gasteiger partial charge is 0.387 e. The van der Waals surface area contributed by atoms with E-state index in [9.17, 15) is 8.42 Å². The van der Waals surface area contributed by atoms with Crippen LogP contribution in [0.2, 0.25) is 0 Å². The van der Waals surface area contributed by atoms with Gasteiger partial charge in [0.2, 0.25) is 10.0 Å². The molecule has 0 radical (unpaired) electrons. The van der Waals surface area contributed by atoms with E-state index in [0.717, 1.165) is 0 Å². The molecule has 3 N–H and O–H groups in total. The van der Waals surface area contributed by atoms with E-state index in [2.05, 4.69) is 0 Å². The smallest absolute Gasteiger partial charge is 0.214 e. The molecule has 18 heavy (non-hydrogen) atoms. The van der Waals surface area contributed by atoms with Crippen LogP contribution in [0.1, 0.15) is 26.2 Å². The summed E-state index contributed by atoms with van der Waals surface area (Å²) in [7, 11) is -1.63.